The summed E-state index contributed by atoms with van der Waals surface area (Å²) < 4.78 is 0. The summed E-state index contributed by atoms with van der Waals surface area (Å²) in [5.41, 5.74) is -0.428. The lowest BCUT2D eigenvalue weighted by Crippen LogP contribution is -2.31. The van der Waals surface area contributed by atoms with Gasteiger partial charge in [0.2, 0.25) is 0 Å². The molecular formula is C34H34N6O2. The number of rotatable bonds is 16. The Kier molecular flexibility index (Phi) is 16.3. The molecule has 0 N–H and O–H groups in total. The molecule has 0 atom stereocenters. The first-order chi connectivity index (χ1) is 20.4. The second-order valence-electron chi connectivity index (χ2n) is 9.90. The Balaban J connectivity index is 0.000000420. The molecule has 0 amide bonds. The van der Waals surface area contributed by atoms with Crippen LogP contribution in [0.2, 0.25) is 0 Å². The minimum atomic E-state index is -0.789. The molecule has 0 aliphatic heterocycles. The number of carbonyl (C=O) groups is 2. The van der Waals surface area contributed by atoms with Crippen LogP contribution in [-0.4, -0.2) is 11.6 Å². The molecule has 0 aliphatic rings. The highest BCUT2D eigenvalue weighted by Crippen LogP contribution is 2.39. The normalized spacial score (nSPS) is 10.1. The molecule has 2 rings (SSSR count). The third-order valence-corrected chi connectivity index (χ3v) is 7.33. The van der Waals surface area contributed by atoms with E-state index in [0.717, 1.165) is 0 Å². The first-order valence-electron chi connectivity index (χ1n) is 13.8. The topological polar surface area (TPSA) is 177 Å². The van der Waals surface area contributed by atoms with Gasteiger partial charge in [0.25, 0.3) is 0 Å². The minimum absolute atomic E-state index is 0.0659. The monoisotopic (exact) mass is 558 g/mol. The molecule has 2 aromatic carbocycles. The summed E-state index contributed by atoms with van der Waals surface area (Å²) in [6.45, 7) is 0. The van der Waals surface area contributed by atoms with Crippen molar-refractivity contribution in [2.24, 2.45) is 10.8 Å². The quantitative estimate of drug-likeness (QED) is 0.190. The molecule has 0 spiro atoms. The molecule has 0 unspecified atom stereocenters. The molecule has 212 valence electrons. The van der Waals surface area contributed by atoms with Crippen LogP contribution in [-0.2, 0) is 0 Å². The van der Waals surface area contributed by atoms with Crippen LogP contribution in [0.15, 0.2) is 60.7 Å². The van der Waals surface area contributed by atoms with Crippen LogP contribution in [0.1, 0.15) is 97.8 Å². The van der Waals surface area contributed by atoms with Crippen molar-refractivity contribution in [3.05, 3.63) is 71.8 Å². The molecule has 2 aromatic rings. The highest BCUT2D eigenvalue weighted by atomic mass is 16.1. The fourth-order valence-electron chi connectivity index (χ4n) is 4.99. The van der Waals surface area contributed by atoms with Gasteiger partial charge in [0.05, 0.1) is 36.4 Å². The first-order valence-corrected chi connectivity index (χ1v) is 13.8. The van der Waals surface area contributed by atoms with Crippen molar-refractivity contribution in [2.45, 2.75) is 77.0 Å². The molecule has 0 saturated heterocycles. The van der Waals surface area contributed by atoms with Crippen molar-refractivity contribution in [1.82, 2.24) is 0 Å². The highest BCUT2D eigenvalue weighted by molar-refractivity contribution is 6.01. The third kappa shape index (κ3) is 10.7. The molecule has 0 saturated carbocycles. The maximum Gasteiger partial charge on any atom is 0.169 e. The van der Waals surface area contributed by atoms with Gasteiger partial charge in [0.15, 0.2) is 11.6 Å². The smallest absolute Gasteiger partial charge is 0.169 e. The SMILES string of the molecule is N#CCCC(CCC#N)(CCC#N)C(=O)c1ccccc1.N#CCCC(CCC#N)(CCC#N)C(=O)c1ccccc1. The van der Waals surface area contributed by atoms with Crippen molar-refractivity contribution >= 4 is 11.6 Å². The Morgan fingerprint density at radius 3 is 0.833 bits per heavy atom. The fourth-order valence-corrected chi connectivity index (χ4v) is 4.99. The van der Waals surface area contributed by atoms with Gasteiger partial charge in [0.1, 0.15) is 0 Å². The number of ketones is 2. The third-order valence-electron chi connectivity index (χ3n) is 7.33. The van der Waals surface area contributed by atoms with Gasteiger partial charge in [-0.2, -0.15) is 31.6 Å². The number of benzene rings is 2. The Hall–Kier alpha value is -5.28. The van der Waals surface area contributed by atoms with Crippen LogP contribution in [0, 0.1) is 78.8 Å². The van der Waals surface area contributed by atoms with Crippen LogP contribution in [0.4, 0.5) is 0 Å². The molecule has 0 bridgehead atoms. The second kappa shape index (κ2) is 19.7. The van der Waals surface area contributed by atoms with E-state index in [1.165, 1.54) is 0 Å². The van der Waals surface area contributed by atoms with Crippen molar-refractivity contribution in [3.63, 3.8) is 0 Å². The average molecular weight is 559 g/mol. The molecular weight excluding hydrogens is 524 g/mol. The van der Waals surface area contributed by atoms with Crippen LogP contribution in [0.5, 0.6) is 0 Å². The van der Waals surface area contributed by atoms with Crippen LogP contribution >= 0.6 is 0 Å². The van der Waals surface area contributed by atoms with Gasteiger partial charge in [-0.05, 0) is 38.5 Å². The minimum Gasteiger partial charge on any atom is -0.294 e. The van der Waals surface area contributed by atoms with Gasteiger partial charge in [0, 0.05) is 60.5 Å². The van der Waals surface area contributed by atoms with Gasteiger partial charge >= 0.3 is 0 Å². The number of nitriles is 6. The number of hydrogen-bond acceptors (Lipinski definition) is 8. The highest BCUT2D eigenvalue weighted by Gasteiger charge is 2.38. The van der Waals surface area contributed by atoms with Gasteiger partial charge in [-0.3, -0.25) is 9.59 Å². The first kappa shape index (κ1) is 34.7. The summed E-state index contributed by atoms with van der Waals surface area (Å²) in [6, 6.07) is 30.2. The van der Waals surface area contributed by atoms with Crippen molar-refractivity contribution in [3.8, 4) is 36.4 Å². The number of Topliss-reactive ketones (excluding diaryl/α,β-unsaturated/α-hetero) is 2. The molecule has 42 heavy (non-hydrogen) atoms. The Morgan fingerprint density at radius 1 is 0.429 bits per heavy atom. The van der Waals surface area contributed by atoms with E-state index in [1.54, 1.807) is 48.5 Å². The predicted octanol–water partition coefficient (Wildman–Crippen LogP) is 7.53. The van der Waals surface area contributed by atoms with Crippen molar-refractivity contribution in [2.75, 3.05) is 0 Å². The summed E-state index contributed by atoms with van der Waals surface area (Å²) in [4.78, 5) is 25.7. The van der Waals surface area contributed by atoms with E-state index < -0.39 is 10.8 Å². The molecule has 0 heterocycles. The lowest BCUT2D eigenvalue weighted by atomic mass is 9.70. The van der Waals surface area contributed by atoms with Crippen LogP contribution in [0.3, 0.4) is 0 Å². The number of hydrogen-bond donors (Lipinski definition) is 0. The van der Waals surface area contributed by atoms with E-state index in [2.05, 4.69) is 36.4 Å². The zero-order chi connectivity index (χ0) is 31.1. The zero-order valence-corrected chi connectivity index (χ0v) is 23.8. The molecule has 0 radical (unpaired) electrons. The van der Waals surface area contributed by atoms with E-state index in [0.29, 0.717) is 49.7 Å². The maximum atomic E-state index is 12.9. The van der Waals surface area contributed by atoms with Crippen LogP contribution in [0.25, 0.3) is 0 Å². The Labute approximate surface area is 248 Å². The Bertz CT molecular complexity index is 1190. The lowest BCUT2D eigenvalue weighted by molar-refractivity contribution is 0.0739. The summed E-state index contributed by atoms with van der Waals surface area (Å²) in [7, 11) is 0. The molecule has 8 heteroatoms. The maximum absolute atomic E-state index is 12.9. The summed E-state index contributed by atoms with van der Waals surface area (Å²) in [6.07, 6.45) is 3.81. The van der Waals surface area contributed by atoms with Crippen molar-refractivity contribution < 1.29 is 9.59 Å². The lowest BCUT2D eigenvalue weighted by Gasteiger charge is -2.30. The second-order valence-corrected chi connectivity index (χ2v) is 9.90. The number of carbonyl (C=O) groups excluding carboxylic acids is 2. The standard InChI is InChI=1S/2C17H17N3O/c2*18-12-4-9-17(10-5-13-19,11-6-14-20)16(21)15-7-2-1-3-8-15/h2*1-3,7-8H,4-6,9-11H2. The van der Waals surface area contributed by atoms with Crippen LogP contribution < -0.4 is 0 Å². The molecule has 8 nitrogen and oxygen atoms in total. The number of nitrogens with zero attached hydrogens (tertiary/aromatic N) is 6. The molecule has 0 fully saturated rings. The summed E-state index contributed by atoms with van der Waals surface area (Å²) >= 11 is 0. The van der Waals surface area contributed by atoms with Gasteiger partial charge in [-0.15, -0.1) is 0 Å². The zero-order valence-electron chi connectivity index (χ0n) is 23.8. The summed E-state index contributed by atoms with van der Waals surface area (Å²) in [5.74, 6) is -0.132. The Morgan fingerprint density at radius 2 is 0.643 bits per heavy atom. The van der Waals surface area contributed by atoms with Gasteiger partial charge in [-0.25, -0.2) is 0 Å². The van der Waals surface area contributed by atoms with Gasteiger partial charge in [-0.1, -0.05) is 60.7 Å². The van der Waals surface area contributed by atoms with E-state index >= 15 is 0 Å². The average Bonchev–Trinajstić information content (AvgIpc) is 3.05. The predicted molar refractivity (Wildman–Crippen MR) is 155 cm³/mol. The van der Waals surface area contributed by atoms with Crippen molar-refractivity contribution in [1.29, 1.82) is 31.6 Å². The van der Waals surface area contributed by atoms with E-state index in [9.17, 15) is 9.59 Å². The van der Waals surface area contributed by atoms with E-state index in [-0.39, 0.29) is 50.1 Å². The van der Waals surface area contributed by atoms with Gasteiger partial charge < -0.3 is 0 Å². The molecule has 0 aromatic heterocycles. The van der Waals surface area contributed by atoms with E-state index in [4.69, 9.17) is 31.6 Å². The molecule has 0 aliphatic carbocycles. The summed E-state index contributed by atoms with van der Waals surface area (Å²) in [5, 5.41) is 53.0. The largest absolute Gasteiger partial charge is 0.294 e. The fraction of sp³-hybridized carbons (Fsp3) is 0.412. The van der Waals surface area contributed by atoms with E-state index in [1.807, 2.05) is 12.1 Å².